The fourth-order valence-electron chi connectivity index (χ4n) is 2.22. The highest BCUT2D eigenvalue weighted by Crippen LogP contribution is 2.13. The number of nitrogens with zero attached hydrogens (tertiary/aromatic N) is 1. The lowest BCUT2D eigenvalue weighted by Gasteiger charge is -2.32. The first-order chi connectivity index (χ1) is 9.33. The maximum Gasteiger partial charge on any atom is 0.407 e. The van der Waals surface area contributed by atoms with Crippen molar-refractivity contribution in [2.45, 2.75) is 51.7 Å². The topological polar surface area (TPSA) is 67.9 Å². The standard InChI is InChI=1S/C14H26N2O4/c1-14(2,3)20-13(18)15-10-11(12(17)19-4)16-8-6-5-7-9-16/h11H,5-10H2,1-4H3,(H,15,18)/t11-/m1/s1. The molecule has 0 unspecified atom stereocenters. The molecular weight excluding hydrogens is 260 g/mol. The molecule has 6 heteroatoms. The van der Waals surface area contributed by atoms with E-state index >= 15 is 0 Å². The van der Waals surface area contributed by atoms with Gasteiger partial charge in [0.15, 0.2) is 0 Å². The van der Waals surface area contributed by atoms with E-state index in [1.807, 2.05) is 0 Å². The molecule has 0 aliphatic carbocycles. The lowest BCUT2D eigenvalue weighted by atomic mass is 10.1. The molecule has 1 aliphatic rings. The van der Waals surface area contributed by atoms with E-state index in [9.17, 15) is 9.59 Å². The molecule has 1 atom stereocenters. The first kappa shape index (κ1) is 16.8. The van der Waals surface area contributed by atoms with Crippen molar-refractivity contribution in [1.29, 1.82) is 0 Å². The van der Waals surface area contributed by atoms with Crippen molar-refractivity contribution in [1.82, 2.24) is 10.2 Å². The maximum atomic E-state index is 11.9. The predicted molar refractivity (Wildman–Crippen MR) is 75.5 cm³/mol. The van der Waals surface area contributed by atoms with Crippen LogP contribution < -0.4 is 5.32 Å². The van der Waals surface area contributed by atoms with Crippen LogP contribution in [0.3, 0.4) is 0 Å². The second-order valence-corrected chi connectivity index (χ2v) is 6.02. The number of rotatable bonds is 4. The Morgan fingerprint density at radius 2 is 1.80 bits per heavy atom. The Hall–Kier alpha value is -1.30. The van der Waals surface area contributed by atoms with Crippen molar-refractivity contribution in [3.8, 4) is 0 Å². The number of alkyl carbamates (subject to hydrolysis) is 1. The van der Waals surface area contributed by atoms with Gasteiger partial charge in [-0.25, -0.2) is 4.79 Å². The first-order valence-corrected chi connectivity index (χ1v) is 7.12. The Bertz CT molecular complexity index is 333. The van der Waals surface area contributed by atoms with Gasteiger partial charge in [-0.1, -0.05) is 6.42 Å². The number of carbonyl (C=O) groups excluding carboxylic acids is 2. The number of hydrogen-bond donors (Lipinski definition) is 1. The van der Waals surface area contributed by atoms with Crippen LogP contribution in [-0.4, -0.2) is 55.3 Å². The zero-order chi connectivity index (χ0) is 15.2. The molecule has 0 aromatic heterocycles. The van der Waals surface area contributed by atoms with Gasteiger partial charge in [-0.15, -0.1) is 0 Å². The van der Waals surface area contributed by atoms with Gasteiger partial charge < -0.3 is 14.8 Å². The molecular formula is C14H26N2O4. The molecule has 0 aromatic rings. The Kier molecular flexibility index (Phi) is 6.26. The van der Waals surface area contributed by atoms with Crippen LogP contribution in [0, 0.1) is 0 Å². The fraction of sp³-hybridized carbons (Fsp3) is 0.857. The zero-order valence-electron chi connectivity index (χ0n) is 12.9. The minimum atomic E-state index is -0.546. The van der Waals surface area contributed by atoms with Crippen LogP contribution in [0.25, 0.3) is 0 Å². The highest BCUT2D eigenvalue weighted by Gasteiger charge is 2.29. The van der Waals surface area contributed by atoms with E-state index in [0.717, 1.165) is 25.9 Å². The molecule has 1 aliphatic heterocycles. The number of nitrogens with one attached hydrogen (secondary N) is 1. The van der Waals surface area contributed by atoms with Gasteiger partial charge in [0, 0.05) is 6.54 Å². The van der Waals surface area contributed by atoms with E-state index in [1.54, 1.807) is 20.8 Å². The summed E-state index contributed by atoms with van der Waals surface area (Å²) in [6, 6.07) is -0.437. The summed E-state index contributed by atoms with van der Waals surface area (Å²) < 4.78 is 9.99. The van der Waals surface area contributed by atoms with E-state index < -0.39 is 17.7 Å². The molecule has 0 bridgehead atoms. The van der Waals surface area contributed by atoms with Gasteiger partial charge in [0.2, 0.25) is 0 Å². The molecule has 1 N–H and O–H groups in total. The number of ether oxygens (including phenoxy) is 2. The van der Waals surface area contributed by atoms with E-state index in [-0.39, 0.29) is 12.5 Å². The van der Waals surface area contributed by atoms with Gasteiger partial charge in [-0.3, -0.25) is 9.69 Å². The first-order valence-electron chi connectivity index (χ1n) is 7.12. The molecule has 1 amide bonds. The maximum absolute atomic E-state index is 11.9. The lowest BCUT2D eigenvalue weighted by molar-refractivity contribution is -0.147. The van der Waals surface area contributed by atoms with Crippen molar-refractivity contribution in [2.24, 2.45) is 0 Å². The highest BCUT2D eigenvalue weighted by atomic mass is 16.6. The summed E-state index contributed by atoms with van der Waals surface area (Å²) >= 11 is 0. The van der Waals surface area contributed by atoms with Crippen LogP contribution in [0.2, 0.25) is 0 Å². The summed E-state index contributed by atoms with van der Waals surface area (Å²) in [5.74, 6) is -0.317. The zero-order valence-corrected chi connectivity index (χ0v) is 12.9. The quantitative estimate of drug-likeness (QED) is 0.794. The molecule has 1 heterocycles. The molecule has 0 radical (unpaired) electrons. The molecule has 116 valence electrons. The summed E-state index contributed by atoms with van der Waals surface area (Å²) in [7, 11) is 1.37. The second kappa shape index (κ2) is 7.47. The summed E-state index contributed by atoms with van der Waals surface area (Å²) in [5, 5.41) is 2.65. The summed E-state index contributed by atoms with van der Waals surface area (Å²) in [6.45, 7) is 7.33. The van der Waals surface area contributed by atoms with E-state index in [4.69, 9.17) is 9.47 Å². The molecule has 20 heavy (non-hydrogen) atoms. The summed E-state index contributed by atoms with van der Waals surface area (Å²) in [5.41, 5.74) is -0.546. The molecule has 0 spiro atoms. The minimum absolute atomic E-state index is 0.210. The van der Waals surface area contributed by atoms with Crippen LogP contribution >= 0.6 is 0 Å². The lowest BCUT2D eigenvalue weighted by Crippen LogP contribution is -2.51. The SMILES string of the molecule is COC(=O)[C@@H](CNC(=O)OC(C)(C)C)N1CCCCC1. The third-order valence-corrected chi connectivity index (χ3v) is 3.14. The van der Waals surface area contributed by atoms with Crippen molar-refractivity contribution in [3.63, 3.8) is 0 Å². The Morgan fingerprint density at radius 1 is 1.20 bits per heavy atom. The van der Waals surface area contributed by atoms with Crippen LogP contribution in [-0.2, 0) is 14.3 Å². The smallest absolute Gasteiger partial charge is 0.407 e. The number of methoxy groups -OCH3 is 1. The minimum Gasteiger partial charge on any atom is -0.468 e. The van der Waals surface area contributed by atoms with Crippen molar-refractivity contribution in [3.05, 3.63) is 0 Å². The van der Waals surface area contributed by atoms with E-state index in [0.29, 0.717) is 0 Å². The fourth-order valence-corrected chi connectivity index (χ4v) is 2.22. The molecule has 0 saturated carbocycles. The molecule has 6 nitrogen and oxygen atoms in total. The van der Waals surface area contributed by atoms with E-state index in [1.165, 1.54) is 13.5 Å². The average Bonchev–Trinajstić information content (AvgIpc) is 2.37. The number of likely N-dealkylation sites (tertiary alicyclic amines) is 1. The van der Waals surface area contributed by atoms with Gasteiger partial charge in [0.25, 0.3) is 0 Å². The Morgan fingerprint density at radius 3 is 2.30 bits per heavy atom. The molecule has 0 aromatic carbocycles. The van der Waals surface area contributed by atoms with Crippen LogP contribution in [0.4, 0.5) is 4.79 Å². The van der Waals surface area contributed by atoms with Crippen LogP contribution in [0.15, 0.2) is 0 Å². The van der Waals surface area contributed by atoms with Gasteiger partial charge in [-0.05, 0) is 46.7 Å². The molecule has 1 fully saturated rings. The van der Waals surface area contributed by atoms with Gasteiger partial charge >= 0.3 is 12.1 Å². The monoisotopic (exact) mass is 286 g/mol. The normalized spacial score (nSPS) is 18.2. The molecule has 1 rings (SSSR count). The highest BCUT2D eigenvalue weighted by molar-refractivity contribution is 5.77. The molecule has 1 saturated heterocycles. The third-order valence-electron chi connectivity index (χ3n) is 3.14. The Balaban J connectivity index is 2.52. The van der Waals surface area contributed by atoms with Crippen molar-refractivity contribution in [2.75, 3.05) is 26.7 Å². The predicted octanol–water partition coefficient (Wildman–Crippen LogP) is 1.54. The van der Waals surface area contributed by atoms with E-state index in [2.05, 4.69) is 10.2 Å². The largest absolute Gasteiger partial charge is 0.468 e. The number of piperidine rings is 1. The van der Waals surface area contributed by atoms with Crippen LogP contribution in [0.1, 0.15) is 40.0 Å². The summed E-state index contributed by atoms with van der Waals surface area (Å²) in [6.07, 6.45) is 2.81. The van der Waals surface area contributed by atoms with Crippen LogP contribution in [0.5, 0.6) is 0 Å². The van der Waals surface area contributed by atoms with Gasteiger partial charge in [-0.2, -0.15) is 0 Å². The number of hydrogen-bond acceptors (Lipinski definition) is 5. The van der Waals surface area contributed by atoms with Gasteiger partial charge in [0.05, 0.1) is 7.11 Å². The number of carbonyl (C=O) groups is 2. The number of esters is 1. The Labute approximate surface area is 120 Å². The average molecular weight is 286 g/mol. The van der Waals surface area contributed by atoms with Crippen molar-refractivity contribution < 1.29 is 19.1 Å². The number of amides is 1. The second-order valence-electron chi connectivity index (χ2n) is 6.02. The van der Waals surface area contributed by atoms with Crippen molar-refractivity contribution >= 4 is 12.1 Å². The van der Waals surface area contributed by atoms with Gasteiger partial charge in [0.1, 0.15) is 11.6 Å². The third kappa shape index (κ3) is 5.77. The summed E-state index contributed by atoms with van der Waals surface area (Å²) in [4.78, 5) is 25.6.